The third kappa shape index (κ3) is 3.32. The molecule has 2 saturated heterocycles. The summed E-state index contributed by atoms with van der Waals surface area (Å²) in [6.45, 7) is 14.9. The van der Waals surface area contributed by atoms with Gasteiger partial charge >= 0.3 is 0 Å². The van der Waals surface area contributed by atoms with E-state index >= 15 is 0 Å². The van der Waals surface area contributed by atoms with Gasteiger partial charge in [-0.3, -0.25) is 9.80 Å². The van der Waals surface area contributed by atoms with E-state index in [0.29, 0.717) is 0 Å². The van der Waals surface area contributed by atoms with Crippen molar-refractivity contribution in [3.8, 4) is 0 Å². The normalized spacial score (nSPS) is 29.4. The van der Waals surface area contributed by atoms with Gasteiger partial charge in [-0.15, -0.1) is 0 Å². The zero-order valence-electron chi connectivity index (χ0n) is 14.8. The summed E-state index contributed by atoms with van der Waals surface area (Å²) in [5.41, 5.74) is 0.739. The first-order valence-electron chi connectivity index (χ1n) is 9.47. The van der Waals surface area contributed by atoms with E-state index in [-0.39, 0.29) is 0 Å². The lowest BCUT2D eigenvalue weighted by Crippen LogP contribution is -2.63. The van der Waals surface area contributed by atoms with Crippen LogP contribution in [0.25, 0.3) is 0 Å². The van der Waals surface area contributed by atoms with Crippen LogP contribution in [0.1, 0.15) is 66.2 Å². The summed E-state index contributed by atoms with van der Waals surface area (Å²) in [5, 5.41) is 0. The van der Waals surface area contributed by atoms with Crippen LogP contribution in [0.5, 0.6) is 0 Å². The van der Waals surface area contributed by atoms with E-state index in [1.165, 1.54) is 64.7 Å². The van der Waals surface area contributed by atoms with E-state index in [1.54, 1.807) is 0 Å². The molecule has 1 aliphatic carbocycles. The average Bonchev–Trinajstić information content (AvgIpc) is 2.40. The maximum absolute atomic E-state index is 2.80. The lowest BCUT2D eigenvalue weighted by atomic mass is 9.63. The number of piperidine rings is 1. The molecule has 0 aromatic rings. The maximum atomic E-state index is 2.80. The molecule has 3 aliphatic rings. The van der Waals surface area contributed by atoms with Gasteiger partial charge in [0.25, 0.3) is 0 Å². The van der Waals surface area contributed by atoms with Crippen molar-refractivity contribution in [1.29, 1.82) is 0 Å². The summed E-state index contributed by atoms with van der Waals surface area (Å²) in [4.78, 5) is 5.42. The summed E-state index contributed by atoms with van der Waals surface area (Å²) in [7, 11) is 0. The average molecular weight is 293 g/mol. The fraction of sp³-hybridized carbons (Fsp3) is 1.00. The molecule has 3 rings (SSSR count). The van der Waals surface area contributed by atoms with Crippen molar-refractivity contribution in [1.82, 2.24) is 9.80 Å². The minimum atomic E-state index is 0.739. The van der Waals surface area contributed by atoms with Gasteiger partial charge in [-0.1, -0.05) is 13.8 Å². The monoisotopic (exact) mass is 292 g/mol. The third-order valence-corrected chi connectivity index (χ3v) is 7.03. The Morgan fingerprint density at radius 3 is 1.90 bits per heavy atom. The van der Waals surface area contributed by atoms with Crippen molar-refractivity contribution in [2.45, 2.75) is 78.3 Å². The number of rotatable bonds is 3. The maximum Gasteiger partial charge on any atom is 0.0350 e. The van der Waals surface area contributed by atoms with Gasteiger partial charge in [0.1, 0.15) is 0 Å². The molecule has 0 aromatic heterocycles. The molecule has 0 aromatic carbocycles. The van der Waals surface area contributed by atoms with E-state index in [2.05, 4.69) is 37.5 Å². The summed E-state index contributed by atoms with van der Waals surface area (Å²) < 4.78 is 0. The van der Waals surface area contributed by atoms with Gasteiger partial charge in [0.15, 0.2) is 0 Å². The van der Waals surface area contributed by atoms with Crippen molar-refractivity contribution < 1.29 is 0 Å². The van der Waals surface area contributed by atoms with Crippen molar-refractivity contribution in [2.75, 3.05) is 26.2 Å². The lowest BCUT2D eigenvalue weighted by molar-refractivity contribution is -0.0308. The van der Waals surface area contributed by atoms with E-state index in [9.17, 15) is 0 Å². The van der Waals surface area contributed by atoms with Gasteiger partial charge in [0.2, 0.25) is 0 Å². The second-order valence-corrected chi connectivity index (χ2v) is 8.82. The van der Waals surface area contributed by atoms with Crippen LogP contribution in [0, 0.1) is 17.3 Å². The first-order chi connectivity index (χ1) is 9.99. The zero-order valence-corrected chi connectivity index (χ0v) is 14.8. The largest absolute Gasteiger partial charge is 0.298 e. The molecule has 0 N–H and O–H groups in total. The summed E-state index contributed by atoms with van der Waals surface area (Å²) >= 11 is 0. The summed E-state index contributed by atoms with van der Waals surface area (Å²) in [5.74, 6) is 1.92. The topological polar surface area (TPSA) is 6.48 Å². The predicted molar refractivity (Wildman–Crippen MR) is 90.5 cm³/mol. The molecular formula is C19H36N2. The first-order valence-corrected chi connectivity index (χ1v) is 9.47. The molecule has 0 atom stereocenters. The Morgan fingerprint density at radius 2 is 1.43 bits per heavy atom. The molecule has 1 spiro atoms. The fourth-order valence-corrected chi connectivity index (χ4v) is 4.92. The Morgan fingerprint density at radius 1 is 0.857 bits per heavy atom. The Hall–Kier alpha value is -0.0800. The molecule has 0 radical (unpaired) electrons. The summed E-state index contributed by atoms with van der Waals surface area (Å²) in [6.07, 6.45) is 9.01. The standard InChI is InChI=1S/C19H36N2/c1-15(2)17-5-7-19(8-6-17)9-11-20(12-10-19)18-13-21(14-18)16(3)4/h15-18H,5-14H2,1-4H3. The smallest absolute Gasteiger partial charge is 0.0350 e. The van der Waals surface area contributed by atoms with Crippen LogP contribution in [-0.4, -0.2) is 48.1 Å². The zero-order chi connectivity index (χ0) is 15.0. The van der Waals surface area contributed by atoms with Crippen LogP contribution in [0.15, 0.2) is 0 Å². The Kier molecular flexibility index (Phi) is 4.66. The molecule has 3 fully saturated rings. The fourth-order valence-electron chi connectivity index (χ4n) is 4.92. The highest BCUT2D eigenvalue weighted by Gasteiger charge is 2.41. The van der Waals surface area contributed by atoms with Crippen molar-refractivity contribution >= 4 is 0 Å². The Labute approximate surface area is 132 Å². The van der Waals surface area contributed by atoms with Gasteiger partial charge in [-0.25, -0.2) is 0 Å². The van der Waals surface area contributed by atoms with Crippen LogP contribution in [-0.2, 0) is 0 Å². The molecule has 2 heteroatoms. The molecule has 1 saturated carbocycles. The lowest BCUT2D eigenvalue weighted by Gasteiger charge is -2.53. The highest BCUT2D eigenvalue weighted by molar-refractivity contribution is 4.96. The van der Waals surface area contributed by atoms with Gasteiger partial charge < -0.3 is 0 Å². The van der Waals surface area contributed by atoms with Gasteiger partial charge in [0.05, 0.1) is 0 Å². The van der Waals surface area contributed by atoms with Crippen LogP contribution < -0.4 is 0 Å². The molecule has 2 nitrogen and oxygen atoms in total. The molecule has 2 heterocycles. The number of nitrogens with zero attached hydrogens (tertiary/aromatic N) is 2. The van der Waals surface area contributed by atoms with E-state index < -0.39 is 0 Å². The third-order valence-electron chi connectivity index (χ3n) is 7.03. The van der Waals surface area contributed by atoms with Crippen LogP contribution in [0.4, 0.5) is 0 Å². The molecule has 2 aliphatic heterocycles. The highest BCUT2D eigenvalue weighted by atomic mass is 15.3. The molecule has 21 heavy (non-hydrogen) atoms. The van der Waals surface area contributed by atoms with Crippen molar-refractivity contribution in [2.24, 2.45) is 17.3 Å². The number of hydrogen-bond donors (Lipinski definition) is 0. The van der Waals surface area contributed by atoms with Crippen LogP contribution >= 0.6 is 0 Å². The minimum Gasteiger partial charge on any atom is -0.298 e. The second-order valence-electron chi connectivity index (χ2n) is 8.82. The minimum absolute atomic E-state index is 0.739. The van der Waals surface area contributed by atoms with E-state index in [0.717, 1.165) is 29.3 Å². The highest BCUT2D eigenvalue weighted by Crippen LogP contribution is 2.48. The van der Waals surface area contributed by atoms with E-state index in [4.69, 9.17) is 0 Å². The first kappa shape index (κ1) is 15.8. The Bertz CT molecular complexity index is 325. The number of hydrogen-bond acceptors (Lipinski definition) is 2. The van der Waals surface area contributed by atoms with Gasteiger partial charge in [-0.05, 0) is 82.7 Å². The van der Waals surface area contributed by atoms with Crippen molar-refractivity contribution in [3.05, 3.63) is 0 Å². The molecule has 0 unspecified atom stereocenters. The molecule has 0 amide bonds. The second kappa shape index (κ2) is 6.20. The van der Waals surface area contributed by atoms with Crippen LogP contribution in [0.2, 0.25) is 0 Å². The van der Waals surface area contributed by atoms with Crippen molar-refractivity contribution in [3.63, 3.8) is 0 Å². The molecule has 0 bridgehead atoms. The van der Waals surface area contributed by atoms with Gasteiger partial charge in [-0.2, -0.15) is 0 Å². The number of likely N-dealkylation sites (tertiary alicyclic amines) is 2. The van der Waals surface area contributed by atoms with Gasteiger partial charge in [0, 0.05) is 25.2 Å². The quantitative estimate of drug-likeness (QED) is 0.775. The van der Waals surface area contributed by atoms with Crippen LogP contribution in [0.3, 0.4) is 0 Å². The molecule has 122 valence electrons. The Balaban J connectivity index is 1.44. The predicted octanol–water partition coefficient (Wildman–Crippen LogP) is 4.01. The molecular weight excluding hydrogens is 256 g/mol. The summed E-state index contributed by atoms with van der Waals surface area (Å²) in [6, 6.07) is 1.61. The SMILES string of the molecule is CC(C)C1CCC2(CC1)CCN(C1CN(C(C)C)C1)CC2. The van der Waals surface area contributed by atoms with E-state index in [1.807, 2.05) is 0 Å².